The van der Waals surface area contributed by atoms with Crippen molar-refractivity contribution in [1.82, 2.24) is 9.62 Å². The third-order valence-electron chi connectivity index (χ3n) is 8.79. The molecule has 3 fully saturated rings. The molecule has 0 unspecified atom stereocenters. The Labute approximate surface area is 265 Å². The number of nitrogens with one attached hydrogen (secondary N) is 1. The number of nitrogens with two attached hydrogens (primary N) is 1. The minimum absolute atomic E-state index is 0.00703. The van der Waals surface area contributed by atoms with Crippen molar-refractivity contribution in [3.05, 3.63) is 105 Å². The van der Waals surface area contributed by atoms with Gasteiger partial charge in [-0.15, -0.1) is 0 Å². The number of halogens is 3. The van der Waals surface area contributed by atoms with Gasteiger partial charge in [-0.25, -0.2) is 17.5 Å². The maximum atomic E-state index is 14.8. The zero-order valence-corrected chi connectivity index (χ0v) is 26.0. The Morgan fingerprint density at radius 3 is 2.34 bits per heavy atom. The minimum Gasteiger partial charge on any atom is -0.370 e. The van der Waals surface area contributed by atoms with Gasteiger partial charge in [-0.2, -0.15) is 0 Å². The first-order valence-electron chi connectivity index (χ1n) is 14.5. The van der Waals surface area contributed by atoms with Crippen LogP contribution in [0.4, 0.5) is 4.39 Å². The number of ether oxygens (including phenoxy) is 1. The summed E-state index contributed by atoms with van der Waals surface area (Å²) in [6.07, 6.45) is -0.151. The highest BCUT2D eigenvalue weighted by atomic mass is 35.5. The van der Waals surface area contributed by atoms with Crippen molar-refractivity contribution < 1.29 is 27.1 Å². The molecule has 3 aromatic carbocycles. The lowest BCUT2D eigenvalue weighted by Gasteiger charge is -2.48. The average molecular weight is 661 g/mol. The Balaban J connectivity index is 1.40. The van der Waals surface area contributed by atoms with E-state index in [4.69, 9.17) is 33.7 Å². The molecule has 0 aromatic heterocycles. The molecule has 44 heavy (non-hydrogen) atoms. The molecule has 1 saturated heterocycles. The van der Waals surface area contributed by atoms with E-state index in [9.17, 15) is 22.4 Å². The van der Waals surface area contributed by atoms with Gasteiger partial charge in [0.1, 0.15) is 22.8 Å². The van der Waals surface area contributed by atoms with E-state index in [2.05, 4.69) is 4.72 Å². The van der Waals surface area contributed by atoms with Gasteiger partial charge in [0.2, 0.25) is 15.9 Å². The number of amides is 2. The van der Waals surface area contributed by atoms with Crippen LogP contribution < -0.4 is 10.5 Å². The third-order valence-corrected chi connectivity index (χ3v) is 11.5. The quantitative estimate of drug-likeness (QED) is 0.286. The van der Waals surface area contributed by atoms with Crippen LogP contribution in [0, 0.1) is 11.7 Å². The summed E-state index contributed by atoms with van der Waals surface area (Å²) >= 11 is 12.6. The maximum Gasteiger partial charge on any atom is 0.253 e. The molecule has 2 aliphatic carbocycles. The van der Waals surface area contributed by atoms with Crippen molar-refractivity contribution in [2.24, 2.45) is 11.7 Å². The SMILES string of the molecule is NC(=O)C[C@H]1O[C@H](c2cccc(Cl)c2)[C@@H](c2ccc(Cl)cc2)N([C@H](CNS(=O)(=O)C2(c3ccccc3F)CC2)C2CC2)C1=O. The average Bonchev–Trinajstić information content (AvgIpc) is 3.90. The van der Waals surface area contributed by atoms with Gasteiger partial charge in [0.25, 0.3) is 5.91 Å². The summed E-state index contributed by atoms with van der Waals surface area (Å²) in [6.45, 7) is -0.0927. The number of benzene rings is 3. The van der Waals surface area contributed by atoms with Gasteiger partial charge in [0.05, 0.1) is 12.5 Å². The topological polar surface area (TPSA) is 119 Å². The highest BCUT2D eigenvalue weighted by Gasteiger charge is 2.58. The highest BCUT2D eigenvalue weighted by molar-refractivity contribution is 7.90. The maximum absolute atomic E-state index is 14.8. The van der Waals surface area contributed by atoms with Gasteiger partial charge in [-0.3, -0.25) is 9.59 Å². The van der Waals surface area contributed by atoms with Gasteiger partial charge in [0.15, 0.2) is 0 Å². The lowest BCUT2D eigenvalue weighted by atomic mass is 9.89. The molecular formula is C32H32Cl2FN3O5S. The fourth-order valence-electron chi connectivity index (χ4n) is 6.32. The summed E-state index contributed by atoms with van der Waals surface area (Å²) in [4.78, 5) is 28.0. The van der Waals surface area contributed by atoms with Crippen molar-refractivity contribution in [3.63, 3.8) is 0 Å². The van der Waals surface area contributed by atoms with Gasteiger partial charge >= 0.3 is 0 Å². The Morgan fingerprint density at radius 1 is 1.02 bits per heavy atom. The molecule has 6 rings (SSSR count). The number of rotatable bonds is 11. The largest absolute Gasteiger partial charge is 0.370 e. The molecule has 2 amide bonds. The van der Waals surface area contributed by atoms with Crippen molar-refractivity contribution in [2.45, 2.75) is 61.1 Å². The normalized spacial score (nSPS) is 23.8. The summed E-state index contributed by atoms with van der Waals surface area (Å²) < 4.78 is 50.1. The lowest BCUT2D eigenvalue weighted by molar-refractivity contribution is -0.181. The van der Waals surface area contributed by atoms with Crippen LogP contribution in [-0.2, 0) is 29.1 Å². The van der Waals surface area contributed by atoms with Crippen molar-refractivity contribution in [1.29, 1.82) is 0 Å². The summed E-state index contributed by atoms with van der Waals surface area (Å²) in [5.41, 5.74) is 7.07. The second-order valence-corrected chi connectivity index (χ2v) is 14.7. The standard InChI is InChI=1S/C32H32Cl2FN3O5S/c33-22-12-10-20(11-13-22)29-30(21-4-3-5-23(34)16-21)43-27(17-28(36)39)31(40)38(29)26(19-8-9-19)18-37-44(41,42)32(14-15-32)24-6-1-2-7-25(24)35/h1-7,10-13,16,19,26-27,29-30,37H,8-9,14-15,17-18H2,(H2,36,39)/t26-,27-,29-,30-/m1/s1. The Hall–Kier alpha value is -3.02. The Kier molecular flexibility index (Phi) is 8.49. The lowest BCUT2D eigenvalue weighted by Crippen LogP contribution is -2.58. The van der Waals surface area contributed by atoms with E-state index in [1.165, 1.54) is 18.2 Å². The second-order valence-electron chi connectivity index (χ2n) is 11.7. The van der Waals surface area contributed by atoms with Crippen molar-refractivity contribution in [3.8, 4) is 0 Å². The first-order chi connectivity index (χ1) is 21.0. The van der Waals surface area contributed by atoms with Crippen molar-refractivity contribution >= 4 is 45.0 Å². The number of nitrogens with zero attached hydrogens (tertiary/aromatic N) is 1. The summed E-state index contributed by atoms with van der Waals surface area (Å²) in [6, 6.07) is 18.7. The number of hydrogen-bond donors (Lipinski definition) is 2. The molecule has 4 atom stereocenters. The highest BCUT2D eigenvalue weighted by Crippen LogP contribution is 2.53. The first-order valence-corrected chi connectivity index (χ1v) is 16.8. The van der Waals surface area contributed by atoms with Crippen LogP contribution in [0.2, 0.25) is 10.0 Å². The van der Waals surface area contributed by atoms with E-state index < -0.39 is 56.7 Å². The van der Waals surface area contributed by atoms with E-state index in [-0.39, 0.29) is 24.4 Å². The van der Waals surface area contributed by atoms with Crippen LogP contribution >= 0.6 is 23.2 Å². The molecule has 232 valence electrons. The number of sulfonamides is 1. The number of hydrogen-bond acceptors (Lipinski definition) is 5. The molecule has 0 spiro atoms. The van der Waals surface area contributed by atoms with Crippen molar-refractivity contribution in [2.75, 3.05) is 6.54 Å². The predicted octanol–water partition coefficient (Wildman–Crippen LogP) is 5.41. The molecule has 12 heteroatoms. The molecule has 8 nitrogen and oxygen atoms in total. The van der Waals surface area contributed by atoms with E-state index in [0.29, 0.717) is 34.0 Å². The van der Waals surface area contributed by atoms with Gasteiger partial charge in [-0.05, 0) is 73.1 Å². The summed E-state index contributed by atoms with van der Waals surface area (Å²) in [5.74, 6) is -1.75. The number of carbonyl (C=O) groups is 2. The molecule has 1 heterocycles. The molecule has 2 saturated carbocycles. The summed E-state index contributed by atoms with van der Waals surface area (Å²) in [7, 11) is -4.04. The number of morpholine rings is 1. The Bertz CT molecular complexity index is 1680. The molecule has 3 aliphatic rings. The predicted molar refractivity (Wildman–Crippen MR) is 165 cm³/mol. The van der Waals surface area contributed by atoms with E-state index in [1.54, 1.807) is 53.4 Å². The summed E-state index contributed by atoms with van der Waals surface area (Å²) in [5, 5.41) is 0.967. The molecule has 0 bridgehead atoms. The third kappa shape index (κ3) is 5.98. The van der Waals surface area contributed by atoms with E-state index in [1.807, 2.05) is 6.07 Å². The van der Waals surface area contributed by atoms with E-state index >= 15 is 0 Å². The van der Waals surface area contributed by atoms with Crippen LogP contribution in [0.15, 0.2) is 72.8 Å². The molecule has 1 aliphatic heterocycles. The zero-order chi connectivity index (χ0) is 31.2. The monoisotopic (exact) mass is 659 g/mol. The second kappa shape index (κ2) is 12.1. The van der Waals surface area contributed by atoms with Crippen LogP contribution in [0.25, 0.3) is 0 Å². The number of primary amides is 1. The van der Waals surface area contributed by atoms with E-state index in [0.717, 1.165) is 12.8 Å². The zero-order valence-electron chi connectivity index (χ0n) is 23.7. The van der Waals surface area contributed by atoms with Crippen LogP contribution in [-0.4, -0.2) is 43.8 Å². The fraction of sp³-hybridized carbons (Fsp3) is 0.375. The molecule has 3 N–H and O–H groups in total. The van der Waals surface area contributed by atoms with Gasteiger partial charge in [0, 0.05) is 28.2 Å². The van der Waals surface area contributed by atoms with Crippen LogP contribution in [0.1, 0.15) is 60.9 Å². The Morgan fingerprint density at radius 2 is 1.73 bits per heavy atom. The van der Waals surface area contributed by atoms with Crippen LogP contribution in [0.5, 0.6) is 0 Å². The molecule has 0 radical (unpaired) electrons. The van der Waals surface area contributed by atoms with Gasteiger partial charge < -0.3 is 15.4 Å². The first kappa shape index (κ1) is 31.0. The fourth-order valence-corrected chi connectivity index (χ4v) is 8.41. The van der Waals surface area contributed by atoms with Crippen LogP contribution in [0.3, 0.4) is 0 Å². The molecular weight excluding hydrogens is 628 g/mol. The van der Waals surface area contributed by atoms with Gasteiger partial charge in [-0.1, -0.05) is 65.7 Å². The number of carbonyl (C=O) groups excluding carboxylic acids is 2. The smallest absolute Gasteiger partial charge is 0.253 e. The molecule has 3 aromatic rings. The minimum atomic E-state index is -4.04.